The summed E-state index contributed by atoms with van der Waals surface area (Å²) in [6.45, 7) is 1.81. The van der Waals surface area contributed by atoms with Gasteiger partial charge in [0.25, 0.3) is 0 Å². The number of ether oxygens (including phenoxy) is 1. The van der Waals surface area contributed by atoms with Crippen LogP contribution in [0.5, 0.6) is 0 Å². The van der Waals surface area contributed by atoms with Crippen molar-refractivity contribution in [2.45, 2.75) is 63.4 Å². The van der Waals surface area contributed by atoms with Gasteiger partial charge in [0.15, 0.2) is 0 Å². The van der Waals surface area contributed by atoms with Crippen molar-refractivity contribution in [2.24, 2.45) is 5.92 Å². The second kappa shape index (κ2) is 11.0. The molecule has 0 spiro atoms. The zero-order valence-corrected chi connectivity index (χ0v) is 19.7. The van der Waals surface area contributed by atoms with E-state index < -0.39 is 17.8 Å². The number of carbonyl (C=O) groups is 1. The molecule has 4 rings (SSSR count). The lowest BCUT2D eigenvalue weighted by molar-refractivity contribution is -0.137. The average molecular weight is 495 g/mol. The van der Waals surface area contributed by atoms with Gasteiger partial charge in [-0.3, -0.25) is 4.90 Å². The van der Waals surface area contributed by atoms with Gasteiger partial charge < -0.3 is 10.1 Å². The molecule has 2 aromatic rings. The van der Waals surface area contributed by atoms with Crippen LogP contribution in [0.2, 0.25) is 5.02 Å². The first-order valence-electron chi connectivity index (χ1n) is 11.9. The van der Waals surface area contributed by atoms with Gasteiger partial charge in [0, 0.05) is 17.1 Å². The SMILES string of the molecule is O=C(N[C@@H]1CCC[C@H]1N1CCC(Cc2ccc(Cl)cc2)CC1)OCc1cccc(C(F)(F)F)c1. The molecule has 0 unspecified atom stereocenters. The molecule has 0 aromatic heterocycles. The predicted octanol–water partition coefficient (Wildman–Crippen LogP) is 6.46. The standard InChI is InChI=1S/C26H30ClF3N2O2/c27-22-9-7-18(8-10-22)15-19-11-13-32(14-12-19)24-6-2-5-23(24)31-25(33)34-17-20-3-1-4-21(16-20)26(28,29)30/h1,3-4,7-10,16,19,23-24H,2,5-6,11-15,17H2,(H,31,33)/t23-,24-/m1/s1. The van der Waals surface area contributed by atoms with Crippen LogP contribution in [0.3, 0.4) is 0 Å². The van der Waals surface area contributed by atoms with Crippen molar-refractivity contribution in [1.29, 1.82) is 0 Å². The number of hydrogen-bond donors (Lipinski definition) is 1. The van der Waals surface area contributed by atoms with Crippen LogP contribution >= 0.6 is 11.6 Å². The minimum Gasteiger partial charge on any atom is -0.445 e. The van der Waals surface area contributed by atoms with E-state index in [9.17, 15) is 18.0 Å². The normalized spacial score (nSPS) is 22.0. The molecule has 2 aliphatic rings. The molecule has 1 saturated heterocycles. The van der Waals surface area contributed by atoms with Crippen molar-refractivity contribution >= 4 is 17.7 Å². The molecule has 1 aliphatic carbocycles. The highest BCUT2D eigenvalue weighted by atomic mass is 35.5. The minimum absolute atomic E-state index is 0.00169. The Kier molecular flexibility index (Phi) is 8.04. The number of likely N-dealkylation sites (tertiary alicyclic amines) is 1. The lowest BCUT2D eigenvalue weighted by Gasteiger charge is -2.38. The Bertz CT molecular complexity index is 959. The van der Waals surface area contributed by atoms with E-state index in [1.54, 1.807) is 0 Å². The molecule has 2 atom stereocenters. The molecule has 1 heterocycles. The van der Waals surface area contributed by atoms with Crippen LogP contribution in [-0.2, 0) is 23.9 Å². The fourth-order valence-electron chi connectivity index (χ4n) is 5.17. The molecule has 184 valence electrons. The van der Waals surface area contributed by atoms with E-state index >= 15 is 0 Å². The Morgan fingerprint density at radius 3 is 2.47 bits per heavy atom. The first-order valence-corrected chi connectivity index (χ1v) is 12.2. The Balaban J connectivity index is 1.23. The topological polar surface area (TPSA) is 41.6 Å². The molecule has 1 amide bonds. The molecule has 2 fully saturated rings. The van der Waals surface area contributed by atoms with Crippen molar-refractivity contribution in [3.05, 3.63) is 70.2 Å². The zero-order chi connectivity index (χ0) is 24.1. The molecule has 2 aromatic carbocycles. The summed E-state index contributed by atoms with van der Waals surface area (Å²) < 4.78 is 43.9. The van der Waals surface area contributed by atoms with E-state index in [0.29, 0.717) is 11.5 Å². The van der Waals surface area contributed by atoms with E-state index in [2.05, 4.69) is 22.3 Å². The predicted molar refractivity (Wildman–Crippen MR) is 126 cm³/mol. The molecule has 1 saturated carbocycles. The van der Waals surface area contributed by atoms with Gasteiger partial charge in [0.2, 0.25) is 0 Å². The van der Waals surface area contributed by atoms with E-state index in [1.807, 2.05) is 12.1 Å². The highest BCUT2D eigenvalue weighted by Crippen LogP contribution is 2.31. The molecule has 0 radical (unpaired) electrons. The van der Waals surface area contributed by atoms with Gasteiger partial charge in [-0.2, -0.15) is 13.2 Å². The zero-order valence-electron chi connectivity index (χ0n) is 19.0. The fourth-order valence-corrected chi connectivity index (χ4v) is 5.29. The highest BCUT2D eigenvalue weighted by molar-refractivity contribution is 6.30. The summed E-state index contributed by atoms with van der Waals surface area (Å²) >= 11 is 5.98. The number of hydrogen-bond acceptors (Lipinski definition) is 3. The number of rotatable bonds is 6. The molecular formula is C26H30ClF3N2O2. The van der Waals surface area contributed by atoms with Crippen LogP contribution in [0.15, 0.2) is 48.5 Å². The summed E-state index contributed by atoms with van der Waals surface area (Å²) in [4.78, 5) is 14.9. The van der Waals surface area contributed by atoms with Crippen LogP contribution in [0, 0.1) is 5.92 Å². The van der Waals surface area contributed by atoms with Crippen LogP contribution in [0.25, 0.3) is 0 Å². The molecule has 8 heteroatoms. The van der Waals surface area contributed by atoms with Crippen LogP contribution in [0.1, 0.15) is 48.8 Å². The average Bonchev–Trinajstić information content (AvgIpc) is 3.27. The summed E-state index contributed by atoms with van der Waals surface area (Å²) in [6, 6.07) is 13.2. The van der Waals surface area contributed by atoms with E-state index in [1.165, 1.54) is 17.7 Å². The van der Waals surface area contributed by atoms with Gasteiger partial charge in [-0.1, -0.05) is 35.9 Å². The molecule has 34 heavy (non-hydrogen) atoms. The summed E-state index contributed by atoms with van der Waals surface area (Å²) in [5.74, 6) is 0.641. The van der Waals surface area contributed by atoms with Gasteiger partial charge >= 0.3 is 12.3 Å². The van der Waals surface area contributed by atoms with Crippen LogP contribution < -0.4 is 5.32 Å². The monoisotopic (exact) mass is 494 g/mol. The second-order valence-corrected chi connectivity index (χ2v) is 9.77. The smallest absolute Gasteiger partial charge is 0.416 e. The second-order valence-electron chi connectivity index (χ2n) is 9.33. The third-order valence-electron chi connectivity index (χ3n) is 6.96. The molecule has 0 bridgehead atoms. The van der Waals surface area contributed by atoms with Crippen molar-refractivity contribution < 1.29 is 22.7 Å². The summed E-state index contributed by atoms with van der Waals surface area (Å²) in [5, 5.41) is 3.72. The van der Waals surface area contributed by atoms with Gasteiger partial charge in [0.05, 0.1) is 5.56 Å². The van der Waals surface area contributed by atoms with Crippen LogP contribution in [0.4, 0.5) is 18.0 Å². The maximum absolute atomic E-state index is 12.9. The quantitative estimate of drug-likeness (QED) is 0.501. The van der Waals surface area contributed by atoms with Crippen molar-refractivity contribution in [3.63, 3.8) is 0 Å². The van der Waals surface area contributed by atoms with Gasteiger partial charge in [-0.25, -0.2) is 4.79 Å². The third kappa shape index (κ3) is 6.66. The van der Waals surface area contributed by atoms with Gasteiger partial charge in [-0.15, -0.1) is 0 Å². The number of benzene rings is 2. The number of halogens is 4. The summed E-state index contributed by atoms with van der Waals surface area (Å²) in [6.07, 6.45) is 1.24. The van der Waals surface area contributed by atoms with Crippen molar-refractivity contribution in [3.8, 4) is 0 Å². The van der Waals surface area contributed by atoms with E-state index in [-0.39, 0.29) is 18.7 Å². The number of amides is 1. The van der Waals surface area contributed by atoms with Gasteiger partial charge in [-0.05, 0) is 92.9 Å². The fraction of sp³-hybridized carbons (Fsp3) is 0.500. The lowest BCUT2D eigenvalue weighted by atomic mass is 9.89. The van der Waals surface area contributed by atoms with E-state index in [0.717, 1.165) is 68.8 Å². The Labute approximate surface area is 203 Å². The van der Waals surface area contributed by atoms with Gasteiger partial charge in [0.1, 0.15) is 6.61 Å². The molecule has 1 aliphatic heterocycles. The van der Waals surface area contributed by atoms with Crippen molar-refractivity contribution in [2.75, 3.05) is 13.1 Å². The van der Waals surface area contributed by atoms with Crippen LogP contribution in [-0.4, -0.2) is 36.2 Å². The maximum atomic E-state index is 12.9. The highest BCUT2D eigenvalue weighted by Gasteiger charge is 2.35. The largest absolute Gasteiger partial charge is 0.445 e. The number of nitrogens with zero attached hydrogens (tertiary/aromatic N) is 1. The first-order chi connectivity index (χ1) is 16.3. The molecule has 4 nitrogen and oxygen atoms in total. The van der Waals surface area contributed by atoms with E-state index in [4.69, 9.17) is 16.3 Å². The number of alkyl carbamates (subject to hydrolysis) is 1. The number of piperidine rings is 1. The lowest BCUT2D eigenvalue weighted by Crippen LogP contribution is -2.51. The first kappa shape index (κ1) is 24.9. The third-order valence-corrected chi connectivity index (χ3v) is 7.21. The Hall–Kier alpha value is -2.25. The summed E-state index contributed by atoms with van der Waals surface area (Å²) in [5.41, 5.74) is 0.881. The number of nitrogens with one attached hydrogen (secondary N) is 1. The van der Waals surface area contributed by atoms with Crippen molar-refractivity contribution in [1.82, 2.24) is 10.2 Å². The summed E-state index contributed by atoms with van der Waals surface area (Å²) in [7, 11) is 0. The maximum Gasteiger partial charge on any atom is 0.416 e. The number of carbonyl (C=O) groups excluding carboxylic acids is 1. The minimum atomic E-state index is -4.42. The number of alkyl halides is 3. The molecular weight excluding hydrogens is 465 g/mol. The Morgan fingerprint density at radius 1 is 1.03 bits per heavy atom. The molecule has 1 N–H and O–H groups in total. The Morgan fingerprint density at radius 2 is 1.76 bits per heavy atom.